The maximum atomic E-state index is 13.9. The van der Waals surface area contributed by atoms with Crippen LogP contribution in [-0.2, 0) is 0 Å². The summed E-state index contributed by atoms with van der Waals surface area (Å²) in [6, 6.07) is 20.5. The van der Waals surface area contributed by atoms with E-state index in [4.69, 9.17) is 15.2 Å². The van der Waals surface area contributed by atoms with Crippen LogP contribution in [0.25, 0.3) is 28.3 Å². The zero-order valence-corrected chi connectivity index (χ0v) is 20.1. The molecule has 1 atom stereocenters. The van der Waals surface area contributed by atoms with Crippen molar-refractivity contribution in [1.29, 1.82) is 0 Å². The Morgan fingerprint density at radius 3 is 2.70 bits per heavy atom. The fraction of sp³-hybridized carbons (Fsp3) is 0.214. The number of hydrogen-bond donors (Lipinski definition) is 2. The Morgan fingerprint density at radius 2 is 1.86 bits per heavy atom. The molecule has 0 radical (unpaired) electrons. The molecule has 4 aromatic heterocycles. The molecule has 8 nitrogen and oxygen atoms in total. The van der Waals surface area contributed by atoms with Crippen LogP contribution in [0.15, 0.2) is 79.1 Å². The number of nitrogens with one attached hydrogen (secondary N) is 1. The quantitative estimate of drug-likeness (QED) is 0.337. The summed E-state index contributed by atoms with van der Waals surface area (Å²) in [5.74, 6) is 1.30. The number of aromatic nitrogens is 5. The highest BCUT2D eigenvalue weighted by Gasteiger charge is 2.28. The molecule has 1 aromatic carbocycles. The summed E-state index contributed by atoms with van der Waals surface area (Å²) in [4.78, 5) is 16.1. The molecule has 0 saturated carbocycles. The number of pyridine rings is 2. The van der Waals surface area contributed by atoms with Crippen molar-refractivity contribution in [1.82, 2.24) is 24.6 Å². The average molecular weight is 496 g/mol. The van der Waals surface area contributed by atoms with Crippen molar-refractivity contribution in [3.8, 4) is 22.6 Å². The summed E-state index contributed by atoms with van der Waals surface area (Å²) in [7, 11) is 0. The first-order valence-corrected chi connectivity index (χ1v) is 12.3. The maximum Gasteiger partial charge on any atom is 0.154 e. The Bertz CT molecular complexity index is 1540. The molecule has 1 unspecified atom stereocenters. The van der Waals surface area contributed by atoms with Gasteiger partial charge in [-0.25, -0.2) is 23.9 Å². The van der Waals surface area contributed by atoms with Crippen LogP contribution in [-0.4, -0.2) is 49.4 Å². The summed E-state index contributed by atoms with van der Waals surface area (Å²) in [5.41, 5.74) is 4.90. The van der Waals surface area contributed by atoms with Gasteiger partial charge < -0.3 is 15.3 Å². The minimum absolute atomic E-state index is 0.0469. The zero-order chi connectivity index (χ0) is 25.2. The van der Waals surface area contributed by atoms with E-state index < -0.39 is 0 Å². The van der Waals surface area contributed by atoms with Crippen LogP contribution in [0.1, 0.15) is 24.4 Å². The van der Waals surface area contributed by atoms with Crippen molar-refractivity contribution in [2.75, 3.05) is 29.9 Å². The predicted molar refractivity (Wildman–Crippen MR) is 141 cm³/mol. The molecule has 1 fully saturated rings. The van der Waals surface area contributed by atoms with Gasteiger partial charge in [-0.2, -0.15) is 0 Å². The average Bonchev–Trinajstić information content (AvgIpc) is 3.60. The number of imidazole rings is 1. The van der Waals surface area contributed by atoms with Crippen LogP contribution >= 0.6 is 0 Å². The number of aliphatic hydroxyl groups excluding tert-OH is 1. The standard InChI is InChI=1S/C28H26FN7O/c29-21-5-1-4-19(16-21)24-8-3-14-35(24)28-12-11-27-32-18-25(36(27)34-28)23-7-2-6-22(33-23)20-9-10-26(31-17-20)30-13-15-37/h1-2,4-7,9-12,16-18,24,37H,3,8,13-15H2,(H,30,31). The first kappa shape index (κ1) is 23.1. The van der Waals surface area contributed by atoms with Gasteiger partial charge in [-0.05, 0) is 66.9 Å². The Balaban J connectivity index is 1.32. The summed E-state index contributed by atoms with van der Waals surface area (Å²) in [6.45, 7) is 1.35. The molecule has 0 amide bonds. The molecule has 37 heavy (non-hydrogen) atoms. The van der Waals surface area contributed by atoms with Crippen molar-refractivity contribution < 1.29 is 9.50 Å². The number of halogens is 1. The lowest BCUT2D eigenvalue weighted by Gasteiger charge is -2.26. The molecule has 1 aliphatic heterocycles. The molecule has 1 saturated heterocycles. The fourth-order valence-corrected chi connectivity index (χ4v) is 4.86. The summed E-state index contributed by atoms with van der Waals surface area (Å²) in [5, 5.41) is 17.0. The largest absolute Gasteiger partial charge is 0.395 e. The second-order valence-corrected chi connectivity index (χ2v) is 9.00. The van der Waals surface area contributed by atoms with Gasteiger partial charge in [0, 0.05) is 24.8 Å². The third-order valence-electron chi connectivity index (χ3n) is 6.62. The Morgan fingerprint density at radius 1 is 0.973 bits per heavy atom. The zero-order valence-electron chi connectivity index (χ0n) is 20.1. The highest BCUT2D eigenvalue weighted by molar-refractivity contribution is 5.66. The monoisotopic (exact) mass is 495 g/mol. The number of fused-ring (bicyclic) bond motifs is 1. The van der Waals surface area contributed by atoms with Crippen LogP contribution in [0.3, 0.4) is 0 Å². The normalized spacial score (nSPS) is 15.4. The van der Waals surface area contributed by atoms with E-state index in [1.165, 1.54) is 6.07 Å². The second kappa shape index (κ2) is 9.94. The molecule has 1 aliphatic rings. The first-order chi connectivity index (χ1) is 18.2. The Hall–Kier alpha value is -4.37. The van der Waals surface area contributed by atoms with E-state index in [1.54, 1.807) is 24.5 Å². The van der Waals surface area contributed by atoms with Gasteiger partial charge in [-0.3, -0.25) is 0 Å². The summed E-state index contributed by atoms with van der Waals surface area (Å²) in [6.07, 6.45) is 5.51. The maximum absolute atomic E-state index is 13.9. The van der Waals surface area contributed by atoms with Gasteiger partial charge in [0.05, 0.1) is 30.2 Å². The third-order valence-corrected chi connectivity index (χ3v) is 6.62. The molecular formula is C28H26FN7O. The predicted octanol–water partition coefficient (Wildman–Crippen LogP) is 4.74. The lowest BCUT2D eigenvalue weighted by atomic mass is 10.0. The fourth-order valence-electron chi connectivity index (χ4n) is 4.86. The smallest absolute Gasteiger partial charge is 0.154 e. The van der Waals surface area contributed by atoms with E-state index in [0.717, 1.165) is 59.1 Å². The number of aliphatic hydroxyl groups is 1. The van der Waals surface area contributed by atoms with Crippen molar-refractivity contribution in [2.24, 2.45) is 0 Å². The highest BCUT2D eigenvalue weighted by atomic mass is 19.1. The molecular weight excluding hydrogens is 469 g/mol. The molecule has 2 N–H and O–H groups in total. The number of benzene rings is 1. The number of hydrogen-bond acceptors (Lipinski definition) is 7. The molecule has 0 spiro atoms. The second-order valence-electron chi connectivity index (χ2n) is 9.00. The number of anilines is 2. The van der Waals surface area contributed by atoms with Gasteiger partial charge in [0.1, 0.15) is 23.1 Å². The van der Waals surface area contributed by atoms with Crippen LogP contribution in [0.5, 0.6) is 0 Å². The van der Waals surface area contributed by atoms with Gasteiger partial charge in [0.25, 0.3) is 0 Å². The SMILES string of the molecule is OCCNc1ccc(-c2cccc(-c3cnc4ccc(N5CCCC5c5cccc(F)c5)nn34)n2)cn1. The van der Waals surface area contributed by atoms with E-state index in [2.05, 4.69) is 20.2 Å². The minimum Gasteiger partial charge on any atom is -0.395 e. The molecule has 6 rings (SSSR count). The van der Waals surface area contributed by atoms with Gasteiger partial charge >= 0.3 is 0 Å². The molecule has 9 heteroatoms. The lowest BCUT2D eigenvalue weighted by Crippen LogP contribution is -2.24. The van der Waals surface area contributed by atoms with Gasteiger partial charge in [-0.15, -0.1) is 5.10 Å². The van der Waals surface area contributed by atoms with Crippen molar-refractivity contribution in [3.05, 3.63) is 90.5 Å². The van der Waals surface area contributed by atoms with Gasteiger partial charge in [0.2, 0.25) is 0 Å². The minimum atomic E-state index is -0.220. The third kappa shape index (κ3) is 4.61. The molecule has 5 aromatic rings. The van der Waals surface area contributed by atoms with Crippen LogP contribution in [0.2, 0.25) is 0 Å². The first-order valence-electron chi connectivity index (χ1n) is 12.3. The van der Waals surface area contributed by atoms with E-state index in [0.29, 0.717) is 12.4 Å². The number of rotatable bonds is 7. The van der Waals surface area contributed by atoms with E-state index in [9.17, 15) is 4.39 Å². The van der Waals surface area contributed by atoms with Gasteiger partial charge in [-0.1, -0.05) is 18.2 Å². The summed E-state index contributed by atoms with van der Waals surface area (Å²) < 4.78 is 15.7. The lowest BCUT2D eigenvalue weighted by molar-refractivity contribution is 0.311. The Kier molecular flexibility index (Phi) is 6.20. The van der Waals surface area contributed by atoms with Crippen LogP contribution in [0, 0.1) is 5.82 Å². The van der Waals surface area contributed by atoms with Crippen molar-refractivity contribution in [2.45, 2.75) is 18.9 Å². The highest BCUT2D eigenvalue weighted by Crippen LogP contribution is 2.35. The van der Waals surface area contributed by atoms with Crippen LogP contribution < -0.4 is 10.2 Å². The molecule has 0 aliphatic carbocycles. The van der Waals surface area contributed by atoms with E-state index in [-0.39, 0.29) is 18.5 Å². The van der Waals surface area contributed by atoms with Crippen molar-refractivity contribution in [3.63, 3.8) is 0 Å². The topological polar surface area (TPSA) is 91.5 Å². The Labute approximate surface area is 213 Å². The molecule has 186 valence electrons. The molecule has 0 bridgehead atoms. The van der Waals surface area contributed by atoms with Crippen molar-refractivity contribution >= 4 is 17.3 Å². The van der Waals surface area contributed by atoms with E-state index in [1.807, 2.05) is 53.0 Å². The molecule has 5 heterocycles. The van der Waals surface area contributed by atoms with E-state index >= 15 is 0 Å². The van der Waals surface area contributed by atoms with Crippen LogP contribution in [0.4, 0.5) is 16.0 Å². The van der Waals surface area contributed by atoms with Gasteiger partial charge in [0.15, 0.2) is 5.65 Å². The number of nitrogens with zero attached hydrogens (tertiary/aromatic N) is 6. The summed E-state index contributed by atoms with van der Waals surface area (Å²) >= 11 is 0.